The van der Waals surface area contributed by atoms with Gasteiger partial charge < -0.3 is 16.2 Å². The molecule has 0 amide bonds. The second-order valence-corrected chi connectivity index (χ2v) is 2.60. The van der Waals surface area contributed by atoms with Crippen LogP contribution in [0.3, 0.4) is 0 Å². The Labute approximate surface area is 69.1 Å². The number of rotatable bonds is 5. The zero-order chi connectivity index (χ0) is 8.36. The average Bonchev–Trinajstić information content (AvgIpc) is 2.84. The van der Waals surface area contributed by atoms with Crippen molar-refractivity contribution >= 4 is 0 Å². The van der Waals surface area contributed by atoms with Gasteiger partial charge >= 0.3 is 0 Å². The van der Waals surface area contributed by atoms with E-state index >= 15 is 0 Å². The van der Waals surface area contributed by atoms with Crippen molar-refractivity contribution in [2.45, 2.75) is 25.7 Å². The molecule has 1 saturated heterocycles. The lowest BCUT2D eigenvalue weighted by atomic mass is 10.2. The van der Waals surface area contributed by atoms with Gasteiger partial charge in [0.05, 0.1) is 13.2 Å². The van der Waals surface area contributed by atoms with Crippen LogP contribution in [0.25, 0.3) is 0 Å². The van der Waals surface area contributed by atoms with Crippen LogP contribution in [0.2, 0.25) is 0 Å². The Balaban J connectivity index is 0.000000271. The lowest BCUT2D eigenvalue weighted by molar-refractivity contribution is 0.475. The third-order valence-corrected chi connectivity index (χ3v) is 1.36. The molecule has 1 rings (SSSR count). The van der Waals surface area contributed by atoms with Gasteiger partial charge in [0.2, 0.25) is 0 Å². The Morgan fingerprint density at radius 1 is 0.818 bits per heavy atom. The van der Waals surface area contributed by atoms with E-state index in [1.54, 1.807) is 0 Å². The van der Waals surface area contributed by atoms with Gasteiger partial charge in [0, 0.05) is 0 Å². The molecule has 1 aliphatic heterocycles. The van der Waals surface area contributed by atoms with Gasteiger partial charge in [-0.05, 0) is 25.9 Å². The molecule has 0 radical (unpaired) electrons. The van der Waals surface area contributed by atoms with Crippen LogP contribution < -0.4 is 11.5 Å². The highest BCUT2D eigenvalue weighted by atomic mass is 16.6. The molecule has 3 heteroatoms. The Morgan fingerprint density at radius 2 is 1.18 bits per heavy atom. The predicted molar refractivity (Wildman–Crippen MR) is 47.4 cm³/mol. The first-order valence-corrected chi connectivity index (χ1v) is 4.39. The fourth-order valence-electron chi connectivity index (χ4n) is 0.642. The molecule has 1 fully saturated rings. The van der Waals surface area contributed by atoms with Crippen molar-refractivity contribution in [3.63, 3.8) is 0 Å². The van der Waals surface area contributed by atoms with Crippen LogP contribution in [0.4, 0.5) is 0 Å². The van der Waals surface area contributed by atoms with Crippen molar-refractivity contribution in [2.75, 3.05) is 26.3 Å². The number of epoxide rings is 1. The zero-order valence-corrected chi connectivity index (χ0v) is 7.22. The highest BCUT2D eigenvalue weighted by molar-refractivity contribution is 4.43. The van der Waals surface area contributed by atoms with E-state index < -0.39 is 0 Å². The molecule has 0 unspecified atom stereocenters. The fourth-order valence-corrected chi connectivity index (χ4v) is 0.642. The molecule has 0 aromatic heterocycles. The number of unbranched alkanes of at least 4 members (excludes halogenated alkanes) is 3. The van der Waals surface area contributed by atoms with E-state index in [1.807, 2.05) is 0 Å². The molecule has 68 valence electrons. The molecule has 1 heterocycles. The second-order valence-electron chi connectivity index (χ2n) is 2.60. The first-order chi connectivity index (χ1) is 5.41. The lowest BCUT2D eigenvalue weighted by Crippen LogP contribution is -2.00. The van der Waals surface area contributed by atoms with E-state index in [1.165, 1.54) is 12.8 Å². The van der Waals surface area contributed by atoms with Gasteiger partial charge in [-0.1, -0.05) is 12.8 Å². The summed E-state index contributed by atoms with van der Waals surface area (Å²) in [5, 5.41) is 0. The van der Waals surface area contributed by atoms with Crippen LogP contribution in [-0.2, 0) is 4.74 Å². The Morgan fingerprint density at radius 3 is 1.36 bits per heavy atom. The zero-order valence-electron chi connectivity index (χ0n) is 7.22. The van der Waals surface area contributed by atoms with Crippen molar-refractivity contribution in [3.8, 4) is 0 Å². The second kappa shape index (κ2) is 9.88. The minimum Gasteiger partial charge on any atom is -0.377 e. The van der Waals surface area contributed by atoms with Crippen molar-refractivity contribution < 1.29 is 4.74 Å². The van der Waals surface area contributed by atoms with Gasteiger partial charge in [-0.3, -0.25) is 0 Å². The van der Waals surface area contributed by atoms with Gasteiger partial charge in [-0.2, -0.15) is 0 Å². The molecule has 0 bridgehead atoms. The van der Waals surface area contributed by atoms with E-state index in [0.29, 0.717) is 0 Å². The molecular weight excluding hydrogens is 140 g/mol. The average molecular weight is 160 g/mol. The first kappa shape index (κ1) is 10.9. The van der Waals surface area contributed by atoms with Gasteiger partial charge in [0.25, 0.3) is 0 Å². The maximum Gasteiger partial charge on any atom is 0.0701 e. The Bertz CT molecular complexity index is 58.4. The van der Waals surface area contributed by atoms with Crippen LogP contribution in [0.1, 0.15) is 25.7 Å². The van der Waals surface area contributed by atoms with E-state index in [4.69, 9.17) is 11.5 Å². The van der Waals surface area contributed by atoms with E-state index in [9.17, 15) is 0 Å². The molecule has 0 aromatic carbocycles. The van der Waals surface area contributed by atoms with Gasteiger partial charge in [-0.15, -0.1) is 0 Å². The van der Waals surface area contributed by atoms with Gasteiger partial charge in [0.15, 0.2) is 0 Å². The topological polar surface area (TPSA) is 64.6 Å². The molecule has 0 saturated carbocycles. The summed E-state index contributed by atoms with van der Waals surface area (Å²) in [7, 11) is 0. The molecule has 0 spiro atoms. The van der Waals surface area contributed by atoms with Crippen molar-refractivity contribution in [2.24, 2.45) is 11.5 Å². The Kier molecular flexibility index (Phi) is 9.77. The molecule has 11 heavy (non-hydrogen) atoms. The lowest BCUT2D eigenvalue weighted by Gasteiger charge is -1.94. The summed E-state index contributed by atoms with van der Waals surface area (Å²) in [4.78, 5) is 0. The van der Waals surface area contributed by atoms with E-state index in [0.717, 1.165) is 39.1 Å². The summed E-state index contributed by atoms with van der Waals surface area (Å²) in [6.07, 6.45) is 4.79. The minimum atomic E-state index is 0.824. The SMILES string of the molecule is C1CO1.NCCCCCCN. The molecule has 1 aliphatic rings. The molecular formula is C8H20N2O. The van der Waals surface area contributed by atoms with E-state index in [2.05, 4.69) is 4.74 Å². The van der Waals surface area contributed by atoms with Crippen molar-refractivity contribution in [3.05, 3.63) is 0 Å². The third-order valence-electron chi connectivity index (χ3n) is 1.36. The van der Waals surface area contributed by atoms with Gasteiger partial charge in [-0.25, -0.2) is 0 Å². The number of nitrogens with two attached hydrogens (primary N) is 2. The quantitative estimate of drug-likeness (QED) is 0.454. The number of hydrogen-bond acceptors (Lipinski definition) is 3. The largest absolute Gasteiger partial charge is 0.377 e. The predicted octanol–water partition coefficient (Wildman–Crippen LogP) is 0.481. The maximum absolute atomic E-state index is 5.28. The van der Waals surface area contributed by atoms with Crippen LogP contribution in [0.15, 0.2) is 0 Å². The molecule has 0 aliphatic carbocycles. The summed E-state index contributed by atoms with van der Waals surface area (Å²) in [6.45, 7) is 3.65. The summed E-state index contributed by atoms with van der Waals surface area (Å²) < 4.78 is 4.50. The first-order valence-electron chi connectivity index (χ1n) is 4.39. The monoisotopic (exact) mass is 160 g/mol. The van der Waals surface area contributed by atoms with E-state index in [-0.39, 0.29) is 0 Å². The summed E-state index contributed by atoms with van der Waals surface area (Å²) >= 11 is 0. The molecule has 3 nitrogen and oxygen atoms in total. The minimum absolute atomic E-state index is 0.824. The summed E-state index contributed by atoms with van der Waals surface area (Å²) in [5.74, 6) is 0. The van der Waals surface area contributed by atoms with Crippen molar-refractivity contribution in [1.29, 1.82) is 0 Å². The Hall–Kier alpha value is -0.120. The van der Waals surface area contributed by atoms with Crippen molar-refractivity contribution in [1.82, 2.24) is 0 Å². The standard InChI is InChI=1S/C6H16N2.C2H4O/c7-5-3-1-2-4-6-8;1-2-3-1/h1-8H2;1-2H2. The summed E-state index contributed by atoms with van der Waals surface area (Å²) in [6, 6.07) is 0. The maximum atomic E-state index is 5.28. The number of hydrogen-bond donors (Lipinski definition) is 2. The van der Waals surface area contributed by atoms with Gasteiger partial charge in [0.1, 0.15) is 0 Å². The fraction of sp³-hybridized carbons (Fsp3) is 1.00. The molecule has 0 atom stereocenters. The number of ether oxygens (including phenoxy) is 1. The highest BCUT2D eigenvalue weighted by Gasteiger charge is 1.94. The molecule has 0 aromatic rings. The smallest absolute Gasteiger partial charge is 0.0701 e. The molecule has 4 N–H and O–H groups in total. The highest BCUT2D eigenvalue weighted by Crippen LogP contribution is 1.95. The van der Waals surface area contributed by atoms with Crippen LogP contribution in [0, 0.1) is 0 Å². The third kappa shape index (κ3) is 17.7. The summed E-state index contributed by atoms with van der Waals surface area (Å²) in [5.41, 5.74) is 10.6. The normalized spacial score (nSPS) is 13.6. The van der Waals surface area contributed by atoms with Crippen LogP contribution >= 0.6 is 0 Å². The van der Waals surface area contributed by atoms with Crippen LogP contribution in [-0.4, -0.2) is 26.3 Å². The van der Waals surface area contributed by atoms with Crippen LogP contribution in [0.5, 0.6) is 0 Å².